The molecule has 1 heterocycles. The van der Waals surface area contributed by atoms with E-state index in [-0.39, 0.29) is 17.7 Å². The summed E-state index contributed by atoms with van der Waals surface area (Å²) in [5.41, 5.74) is 2.37. The number of nitrogens with one attached hydrogen (secondary N) is 1. The molecule has 3 rings (SSSR count). The predicted octanol–water partition coefficient (Wildman–Crippen LogP) is 4.09. The standard InChI is InChI=1S/C22H26N2O3/c1-4-15(3)20(24-14-16-8-6-7-9-19(16)22(24)26)21(25)23-17-10-12-18(13-11-17)27-5-2/h6-13,15,20H,4-5,14H2,1-3H3,(H,23,25)/t15-,20+/m1/s1. The third-order valence-electron chi connectivity index (χ3n) is 5.07. The molecule has 1 N–H and O–H groups in total. The maximum Gasteiger partial charge on any atom is 0.255 e. The van der Waals surface area contributed by atoms with Crippen LogP contribution >= 0.6 is 0 Å². The first-order chi connectivity index (χ1) is 13.0. The molecule has 2 aromatic rings. The van der Waals surface area contributed by atoms with Crippen molar-refractivity contribution in [3.63, 3.8) is 0 Å². The molecule has 0 saturated carbocycles. The predicted molar refractivity (Wildman–Crippen MR) is 106 cm³/mol. The van der Waals surface area contributed by atoms with Crippen molar-refractivity contribution >= 4 is 17.5 Å². The number of rotatable bonds is 7. The smallest absolute Gasteiger partial charge is 0.255 e. The Balaban J connectivity index is 1.79. The van der Waals surface area contributed by atoms with E-state index in [0.29, 0.717) is 24.4 Å². The molecule has 1 aliphatic heterocycles. The van der Waals surface area contributed by atoms with Crippen molar-refractivity contribution in [1.82, 2.24) is 4.90 Å². The Hall–Kier alpha value is -2.82. The average molecular weight is 366 g/mol. The van der Waals surface area contributed by atoms with Crippen LogP contribution in [0.1, 0.15) is 43.1 Å². The topological polar surface area (TPSA) is 58.6 Å². The Morgan fingerprint density at radius 2 is 1.85 bits per heavy atom. The van der Waals surface area contributed by atoms with E-state index in [0.717, 1.165) is 17.7 Å². The number of fused-ring (bicyclic) bond motifs is 1. The monoisotopic (exact) mass is 366 g/mol. The highest BCUT2D eigenvalue weighted by Gasteiger charge is 2.38. The summed E-state index contributed by atoms with van der Waals surface area (Å²) in [4.78, 5) is 27.6. The lowest BCUT2D eigenvalue weighted by atomic mass is 9.96. The van der Waals surface area contributed by atoms with Crippen molar-refractivity contribution < 1.29 is 14.3 Å². The number of hydrogen-bond acceptors (Lipinski definition) is 3. The summed E-state index contributed by atoms with van der Waals surface area (Å²) in [6, 6.07) is 14.3. The second-order valence-corrected chi connectivity index (χ2v) is 6.87. The quantitative estimate of drug-likeness (QED) is 0.803. The summed E-state index contributed by atoms with van der Waals surface area (Å²) >= 11 is 0. The second-order valence-electron chi connectivity index (χ2n) is 6.87. The van der Waals surface area contributed by atoms with Crippen LogP contribution in [0.2, 0.25) is 0 Å². The molecule has 1 aliphatic rings. The minimum atomic E-state index is -0.513. The molecule has 27 heavy (non-hydrogen) atoms. The second kappa shape index (κ2) is 8.25. The van der Waals surface area contributed by atoms with E-state index in [1.807, 2.05) is 69.3 Å². The molecule has 0 spiro atoms. The SMILES string of the molecule is CCOc1ccc(NC(=O)[C@H]([C@H](C)CC)N2Cc3ccccc3C2=O)cc1. The van der Waals surface area contributed by atoms with Gasteiger partial charge in [0, 0.05) is 17.8 Å². The Bertz CT molecular complexity index is 817. The van der Waals surface area contributed by atoms with Crippen LogP contribution in [-0.2, 0) is 11.3 Å². The average Bonchev–Trinajstić information content (AvgIpc) is 3.00. The van der Waals surface area contributed by atoms with E-state index in [4.69, 9.17) is 4.74 Å². The number of ether oxygens (including phenoxy) is 1. The van der Waals surface area contributed by atoms with Crippen molar-refractivity contribution in [3.8, 4) is 5.75 Å². The summed E-state index contributed by atoms with van der Waals surface area (Å²) in [6.45, 7) is 7.05. The van der Waals surface area contributed by atoms with Crippen LogP contribution in [0.15, 0.2) is 48.5 Å². The first kappa shape index (κ1) is 19.0. The van der Waals surface area contributed by atoms with Crippen molar-refractivity contribution in [1.29, 1.82) is 0 Å². The van der Waals surface area contributed by atoms with Gasteiger partial charge in [0.25, 0.3) is 5.91 Å². The lowest BCUT2D eigenvalue weighted by Gasteiger charge is -2.31. The number of benzene rings is 2. The molecule has 5 nitrogen and oxygen atoms in total. The molecule has 0 fully saturated rings. The number of carbonyl (C=O) groups excluding carboxylic acids is 2. The van der Waals surface area contributed by atoms with Crippen molar-refractivity contribution in [2.75, 3.05) is 11.9 Å². The zero-order chi connectivity index (χ0) is 19.4. The highest BCUT2D eigenvalue weighted by molar-refractivity contribution is 6.03. The van der Waals surface area contributed by atoms with Gasteiger partial charge in [-0.05, 0) is 48.7 Å². The Kier molecular flexibility index (Phi) is 5.79. The number of nitrogens with zero attached hydrogens (tertiary/aromatic N) is 1. The van der Waals surface area contributed by atoms with Crippen LogP contribution in [-0.4, -0.2) is 29.4 Å². The summed E-state index contributed by atoms with van der Waals surface area (Å²) in [6.07, 6.45) is 0.807. The minimum Gasteiger partial charge on any atom is -0.494 e. The van der Waals surface area contributed by atoms with Gasteiger partial charge in [-0.15, -0.1) is 0 Å². The Morgan fingerprint density at radius 1 is 1.15 bits per heavy atom. The van der Waals surface area contributed by atoms with Gasteiger partial charge in [0.05, 0.1) is 6.61 Å². The van der Waals surface area contributed by atoms with E-state index >= 15 is 0 Å². The molecule has 0 radical (unpaired) electrons. The van der Waals surface area contributed by atoms with Crippen LogP contribution in [0.5, 0.6) is 5.75 Å². The summed E-state index contributed by atoms with van der Waals surface area (Å²) in [7, 11) is 0. The van der Waals surface area contributed by atoms with Gasteiger partial charge >= 0.3 is 0 Å². The molecular weight excluding hydrogens is 340 g/mol. The van der Waals surface area contributed by atoms with E-state index in [2.05, 4.69) is 5.32 Å². The molecule has 0 bridgehead atoms. The largest absolute Gasteiger partial charge is 0.494 e. The summed E-state index contributed by atoms with van der Waals surface area (Å²) in [5.74, 6) is 0.581. The Labute approximate surface area is 160 Å². The summed E-state index contributed by atoms with van der Waals surface area (Å²) < 4.78 is 5.43. The number of anilines is 1. The first-order valence-corrected chi connectivity index (χ1v) is 9.47. The van der Waals surface area contributed by atoms with Crippen molar-refractivity contribution in [3.05, 3.63) is 59.7 Å². The molecule has 142 valence electrons. The van der Waals surface area contributed by atoms with Gasteiger partial charge < -0.3 is 15.0 Å². The zero-order valence-corrected chi connectivity index (χ0v) is 16.1. The van der Waals surface area contributed by atoms with Gasteiger partial charge in [0.1, 0.15) is 11.8 Å². The third-order valence-corrected chi connectivity index (χ3v) is 5.07. The summed E-state index contributed by atoms with van der Waals surface area (Å²) in [5, 5.41) is 2.96. The van der Waals surface area contributed by atoms with Crippen LogP contribution < -0.4 is 10.1 Å². The van der Waals surface area contributed by atoms with Crippen LogP contribution in [0.25, 0.3) is 0 Å². The molecular formula is C22H26N2O3. The van der Waals surface area contributed by atoms with E-state index in [9.17, 15) is 9.59 Å². The molecule has 5 heteroatoms. The molecule has 0 aromatic heterocycles. The van der Waals surface area contributed by atoms with E-state index in [1.54, 1.807) is 4.90 Å². The number of amides is 2. The molecule has 2 amide bonds. The molecule has 0 aliphatic carbocycles. The number of carbonyl (C=O) groups is 2. The number of hydrogen-bond donors (Lipinski definition) is 1. The normalized spacial score (nSPS) is 15.2. The third kappa shape index (κ3) is 3.97. The van der Waals surface area contributed by atoms with Gasteiger partial charge in [-0.25, -0.2) is 0 Å². The maximum atomic E-state index is 13.1. The van der Waals surface area contributed by atoms with Gasteiger partial charge in [-0.1, -0.05) is 38.5 Å². The maximum absolute atomic E-state index is 13.1. The van der Waals surface area contributed by atoms with Crippen molar-refractivity contribution in [2.45, 2.75) is 39.8 Å². The van der Waals surface area contributed by atoms with Gasteiger partial charge in [0.15, 0.2) is 0 Å². The lowest BCUT2D eigenvalue weighted by Crippen LogP contribution is -2.48. The van der Waals surface area contributed by atoms with Gasteiger partial charge in [0.2, 0.25) is 5.91 Å². The minimum absolute atomic E-state index is 0.0472. The van der Waals surface area contributed by atoms with Gasteiger partial charge in [-0.3, -0.25) is 9.59 Å². The van der Waals surface area contributed by atoms with Crippen LogP contribution in [0.4, 0.5) is 5.69 Å². The van der Waals surface area contributed by atoms with Crippen LogP contribution in [0, 0.1) is 5.92 Å². The molecule has 2 aromatic carbocycles. The lowest BCUT2D eigenvalue weighted by molar-refractivity contribution is -0.122. The van der Waals surface area contributed by atoms with Crippen molar-refractivity contribution in [2.24, 2.45) is 5.92 Å². The first-order valence-electron chi connectivity index (χ1n) is 9.47. The van der Waals surface area contributed by atoms with Gasteiger partial charge in [-0.2, -0.15) is 0 Å². The van der Waals surface area contributed by atoms with E-state index < -0.39 is 6.04 Å². The fourth-order valence-corrected chi connectivity index (χ4v) is 3.45. The highest BCUT2D eigenvalue weighted by atomic mass is 16.5. The molecule has 0 saturated heterocycles. The highest BCUT2D eigenvalue weighted by Crippen LogP contribution is 2.29. The Morgan fingerprint density at radius 3 is 2.48 bits per heavy atom. The molecule has 2 atom stereocenters. The van der Waals surface area contributed by atoms with Crippen LogP contribution in [0.3, 0.4) is 0 Å². The fraction of sp³-hybridized carbons (Fsp3) is 0.364. The van der Waals surface area contributed by atoms with E-state index in [1.165, 1.54) is 0 Å². The zero-order valence-electron chi connectivity index (χ0n) is 16.1. The molecule has 0 unspecified atom stereocenters. The fourth-order valence-electron chi connectivity index (χ4n) is 3.45.